The minimum Gasteiger partial charge on any atom is -0.460 e. The first-order valence-corrected chi connectivity index (χ1v) is 6.13. The minimum atomic E-state index is -0.348. The Morgan fingerprint density at radius 1 is 1.22 bits per heavy atom. The number of benzene rings is 1. The first-order chi connectivity index (χ1) is 8.65. The lowest BCUT2D eigenvalue weighted by atomic mass is 10.1. The van der Waals surface area contributed by atoms with Crippen LogP contribution in [0.2, 0.25) is 0 Å². The topological polar surface area (TPSA) is 44.8 Å². The van der Waals surface area contributed by atoms with Crippen molar-refractivity contribution >= 4 is 18.6 Å². The Kier molecular flexibility index (Phi) is 6.78. The van der Waals surface area contributed by atoms with Gasteiger partial charge in [-0.3, -0.25) is 0 Å². The third kappa shape index (κ3) is 5.08. The van der Waals surface area contributed by atoms with Gasteiger partial charge in [0.2, 0.25) is 0 Å². The maximum absolute atomic E-state index is 11.8. The van der Waals surface area contributed by atoms with Gasteiger partial charge in [-0.25, -0.2) is 4.79 Å². The zero-order valence-corrected chi connectivity index (χ0v) is 11.5. The van der Waals surface area contributed by atoms with Crippen molar-refractivity contribution in [2.75, 3.05) is 33.5 Å². The average Bonchev–Trinajstić information content (AvgIpc) is 2.36. The first-order valence-electron chi connectivity index (χ1n) is 5.68. The molecule has 0 bridgehead atoms. The van der Waals surface area contributed by atoms with Gasteiger partial charge in [0.1, 0.15) is 6.61 Å². The van der Waals surface area contributed by atoms with Gasteiger partial charge in [-0.15, -0.1) is 12.6 Å². The molecular formula is C13H18O4S. The van der Waals surface area contributed by atoms with Gasteiger partial charge >= 0.3 is 5.97 Å². The van der Waals surface area contributed by atoms with E-state index >= 15 is 0 Å². The van der Waals surface area contributed by atoms with Crippen LogP contribution in [0.3, 0.4) is 0 Å². The van der Waals surface area contributed by atoms with Crippen LogP contribution in [0.5, 0.6) is 0 Å². The minimum absolute atomic E-state index is 0.235. The molecule has 0 aliphatic rings. The predicted molar refractivity (Wildman–Crippen MR) is 71.4 cm³/mol. The molecule has 0 saturated heterocycles. The number of ether oxygens (including phenoxy) is 3. The Bertz CT molecular complexity index is 393. The summed E-state index contributed by atoms with van der Waals surface area (Å²) in [6.07, 6.45) is 0. The predicted octanol–water partition coefficient (Wildman–Crippen LogP) is 2.10. The Balaban J connectivity index is 2.34. The summed E-state index contributed by atoms with van der Waals surface area (Å²) in [7, 11) is 1.61. The lowest BCUT2D eigenvalue weighted by molar-refractivity contribution is 0.0213. The van der Waals surface area contributed by atoms with E-state index in [-0.39, 0.29) is 12.6 Å². The number of hydrogen-bond donors (Lipinski definition) is 1. The van der Waals surface area contributed by atoms with Crippen LogP contribution in [0.15, 0.2) is 23.1 Å². The van der Waals surface area contributed by atoms with Crippen molar-refractivity contribution in [2.45, 2.75) is 11.8 Å². The van der Waals surface area contributed by atoms with E-state index in [0.29, 0.717) is 25.4 Å². The van der Waals surface area contributed by atoms with Gasteiger partial charge < -0.3 is 14.2 Å². The summed E-state index contributed by atoms with van der Waals surface area (Å²) in [5.41, 5.74) is 1.41. The molecule has 0 aromatic heterocycles. The molecular weight excluding hydrogens is 252 g/mol. The normalized spacial score (nSPS) is 10.4. The molecule has 0 N–H and O–H groups in total. The molecule has 100 valence electrons. The lowest BCUT2D eigenvalue weighted by Crippen LogP contribution is -2.13. The SMILES string of the molecule is COCCOCCOC(=O)c1cc(S)ccc1C. The van der Waals surface area contributed by atoms with Crippen LogP contribution in [0, 0.1) is 6.92 Å². The van der Waals surface area contributed by atoms with Crippen LogP contribution in [0.25, 0.3) is 0 Å². The van der Waals surface area contributed by atoms with Crippen LogP contribution in [-0.2, 0) is 14.2 Å². The highest BCUT2D eigenvalue weighted by atomic mass is 32.1. The summed E-state index contributed by atoms with van der Waals surface area (Å²) in [5, 5.41) is 0. The van der Waals surface area contributed by atoms with Gasteiger partial charge in [0.15, 0.2) is 0 Å². The summed E-state index contributed by atoms with van der Waals surface area (Å²) < 4.78 is 15.1. The van der Waals surface area contributed by atoms with Gasteiger partial charge in [-0.1, -0.05) is 6.07 Å². The van der Waals surface area contributed by atoms with E-state index in [1.807, 2.05) is 19.1 Å². The van der Waals surface area contributed by atoms with Gasteiger partial charge in [0.25, 0.3) is 0 Å². The zero-order chi connectivity index (χ0) is 13.4. The van der Waals surface area contributed by atoms with Gasteiger partial charge in [-0.05, 0) is 24.6 Å². The van der Waals surface area contributed by atoms with Crippen LogP contribution < -0.4 is 0 Å². The summed E-state index contributed by atoms with van der Waals surface area (Å²) in [6, 6.07) is 5.38. The monoisotopic (exact) mass is 270 g/mol. The smallest absolute Gasteiger partial charge is 0.338 e. The maximum Gasteiger partial charge on any atom is 0.338 e. The van der Waals surface area contributed by atoms with Crippen molar-refractivity contribution in [3.63, 3.8) is 0 Å². The molecule has 0 fully saturated rings. The summed E-state index contributed by atoms with van der Waals surface area (Å²) in [4.78, 5) is 12.5. The van der Waals surface area contributed by atoms with E-state index in [9.17, 15) is 4.79 Å². The maximum atomic E-state index is 11.8. The molecule has 1 aromatic carbocycles. The van der Waals surface area contributed by atoms with Crippen LogP contribution in [0.4, 0.5) is 0 Å². The molecule has 0 heterocycles. The second-order valence-corrected chi connectivity index (χ2v) is 4.26. The number of carbonyl (C=O) groups excluding carboxylic acids is 1. The highest BCUT2D eigenvalue weighted by molar-refractivity contribution is 7.80. The van der Waals surface area contributed by atoms with E-state index in [2.05, 4.69) is 12.6 Å². The number of esters is 1. The van der Waals surface area contributed by atoms with Gasteiger partial charge in [0.05, 0.1) is 25.4 Å². The first kappa shape index (κ1) is 15.0. The quantitative estimate of drug-likeness (QED) is 0.468. The molecule has 5 heteroatoms. The Hall–Kier alpha value is -1.04. The number of carbonyl (C=O) groups is 1. The standard InChI is InChI=1S/C13H18O4S/c1-10-3-4-11(18)9-12(10)13(14)17-8-7-16-6-5-15-2/h3-4,9,18H,5-8H2,1-2H3. The Labute approximate surface area is 113 Å². The number of aryl methyl sites for hydroxylation is 1. The van der Waals surface area contributed by atoms with E-state index < -0.39 is 0 Å². The lowest BCUT2D eigenvalue weighted by Gasteiger charge is -2.08. The molecule has 0 unspecified atom stereocenters. The number of rotatable bonds is 7. The number of hydrogen-bond acceptors (Lipinski definition) is 5. The summed E-state index contributed by atoms with van der Waals surface area (Å²) >= 11 is 4.20. The summed E-state index contributed by atoms with van der Waals surface area (Å²) in [6.45, 7) is 3.50. The van der Waals surface area contributed by atoms with Crippen molar-refractivity contribution in [1.82, 2.24) is 0 Å². The highest BCUT2D eigenvalue weighted by Gasteiger charge is 2.10. The van der Waals surface area contributed by atoms with E-state index in [1.54, 1.807) is 13.2 Å². The van der Waals surface area contributed by atoms with Gasteiger partial charge in [0, 0.05) is 12.0 Å². The van der Waals surface area contributed by atoms with Crippen LogP contribution in [0.1, 0.15) is 15.9 Å². The highest BCUT2D eigenvalue weighted by Crippen LogP contribution is 2.14. The van der Waals surface area contributed by atoms with E-state index in [0.717, 1.165) is 10.5 Å². The molecule has 4 nitrogen and oxygen atoms in total. The third-order valence-electron chi connectivity index (χ3n) is 2.33. The number of thiol groups is 1. The van der Waals surface area contributed by atoms with Crippen LogP contribution in [-0.4, -0.2) is 39.5 Å². The summed E-state index contributed by atoms with van der Waals surface area (Å²) in [5.74, 6) is -0.348. The fourth-order valence-electron chi connectivity index (χ4n) is 1.35. The van der Waals surface area contributed by atoms with Crippen molar-refractivity contribution in [3.8, 4) is 0 Å². The Morgan fingerprint density at radius 2 is 1.94 bits per heavy atom. The van der Waals surface area contributed by atoms with Crippen molar-refractivity contribution in [2.24, 2.45) is 0 Å². The van der Waals surface area contributed by atoms with Crippen molar-refractivity contribution < 1.29 is 19.0 Å². The van der Waals surface area contributed by atoms with Gasteiger partial charge in [-0.2, -0.15) is 0 Å². The molecule has 0 radical (unpaired) electrons. The zero-order valence-electron chi connectivity index (χ0n) is 10.6. The molecule has 0 amide bonds. The van der Waals surface area contributed by atoms with Crippen molar-refractivity contribution in [1.29, 1.82) is 0 Å². The third-order valence-corrected chi connectivity index (χ3v) is 2.61. The largest absolute Gasteiger partial charge is 0.460 e. The van der Waals surface area contributed by atoms with Crippen molar-refractivity contribution in [3.05, 3.63) is 29.3 Å². The molecule has 0 aliphatic carbocycles. The molecule has 18 heavy (non-hydrogen) atoms. The fourth-order valence-corrected chi connectivity index (χ4v) is 1.55. The average molecular weight is 270 g/mol. The molecule has 0 spiro atoms. The molecule has 1 rings (SSSR count). The fraction of sp³-hybridized carbons (Fsp3) is 0.462. The van der Waals surface area contributed by atoms with E-state index in [1.165, 1.54) is 0 Å². The second kappa shape index (κ2) is 8.13. The molecule has 0 atom stereocenters. The van der Waals surface area contributed by atoms with E-state index in [4.69, 9.17) is 14.2 Å². The second-order valence-electron chi connectivity index (χ2n) is 3.74. The number of methoxy groups -OCH3 is 1. The Morgan fingerprint density at radius 3 is 2.67 bits per heavy atom. The van der Waals surface area contributed by atoms with Crippen LogP contribution >= 0.6 is 12.6 Å². The molecule has 0 aliphatic heterocycles. The molecule has 0 saturated carbocycles. The molecule has 1 aromatic rings.